The molecule has 0 bridgehead atoms. The molecule has 0 radical (unpaired) electrons. The lowest BCUT2D eigenvalue weighted by Crippen LogP contribution is -3.27. The van der Waals surface area contributed by atoms with Crippen molar-refractivity contribution >= 4 is 5.69 Å². The zero-order valence-electron chi connectivity index (χ0n) is 17.2. The predicted molar refractivity (Wildman–Crippen MR) is 108 cm³/mol. The fourth-order valence-corrected chi connectivity index (χ4v) is 3.95. The molecule has 1 aliphatic rings. The van der Waals surface area contributed by atoms with Gasteiger partial charge in [-0.1, -0.05) is 12.1 Å². The maximum absolute atomic E-state index is 11.0. The SMILES string of the molecule is COc1ccc(C[NH+]2CC[NH+](Cc3cccc([N+](=O)[O-])c3)CC2)c(OC)c1OC. The van der Waals surface area contributed by atoms with Gasteiger partial charge in [0.25, 0.3) is 5.69 Å². The minimum Gasteiger partial charge on any atom is -0.493 e. The molecule has 1 heterocycles. The van der Waals surface area contributed by atoms with Gasteiger partial charge in [-0.05, 0) is 12.1 Å². The molecule has 2 aromatic carbocycles. The summed E-state index contributed by atoms with van der Waals surface area (Å²) in [5, 5.41) is 11.0. The molecule has 0 unspecified atom stereocenters. The largest absolute Gasteiger partial charge is 0.493 e. The second-order valence-electron chi connectivity index (χ2n) is 7.27. The van der Waals surface area contributed by atoms with Gasteiger partial charge in [0.15, 0.2) is 11.5 Å². The van der Waals surface area contributed by atoms with Crippen LogP contribution in [0.2, 0.25) is 0 Å². The number of nitrogens with one attached hydrogen (secondary N) is 2. The van der Waals surface area contributed by atoms with E-state index in [4.69, 9.17) is 14.2 Å². The van der Waals surface area contributed by atoms with Crippen molar-refractivity contribution in [3.05, 3.63) is 57.6 Å². The highest BCUT2D eigenvalue weighted by Crippen LogP contribution is 2.39. The topological polar surface area (TPSA) is 79.7 Å². The maximum Gasteiger partial charge on any atom is 0.269 e. The second kappa shape index (κ2) is 9.58. The second-order valence-corrected chi connectivity index (χ2v) is 7.27. The third-order valence-corrected chi connectivity index (χ3v) is 5.47. The number of nitro benzene ring substituents is 1. The lowest BCUT2D eigenvalue weighted by atomic mass is 10.1. The van der Waals surface area contributed by atoms with E-state index in [9.17, 15) is 10.1 Å². The zero-order chi connectivity index (χ0) is 20.8. The van der Waals surface area contributed by atoms with Crippen LogP contribution in [-0.4, -0.2) is 52.4 Å². The molecule has 3 rings (SSSR count). The minimum absolute atomic E-state index is 0.159. The number of nitro groups is 1. The molecule has 1 aliphatic heterocycles. The van der Waals surface area contributed by atoms with Gasteiger partial charge in [0.1, 0.15) is 39.3 Å². The van der Waals surface area contributed by atoms with Crippen molar-refractivity contribution in [2.75, 3.05) is 47.5 Å². The molecule has 0 saturated carbocycles. The smallest absolute Gasteiger partial charge is 0.269 e. The number of non-ortho nitro benzene ring substituents is 1. The van der Waals surface area contributed by atoms with Crippen molar-refractivity contribution in [2.24, 2.45) is 0 Å². The first-order chi connectivity index (χ1) is 14.0. The monoisotopic (exact) mass is 403 g/mol. The Morgan fingerprint density at radius 1 is 0.897 bits per heavy atom. The van der Waals surface area contributed by atoms with Crippen molar-refractivity contribution in [1.29, 1.82) is 0 Å². The zero-order valence-corrected chi connectivity index (χ0v) is 17.2. The Hall–Kier alpha value is -2.84. The lowest BCUT2D eigenvalue weighted by Gasteiger charge is -2.30. The predicted octanol–water partition coefficient (Wildman–Crippen LogP) is 0.104. The first-order valence-electron chi connectivity index (χ1n) is 9.74. The van der Waals surface area contributed by atoms with Gasteiger partial charge < -0.3 is 24.0 Å². The Morgan fingerprint density at radius 2 is 1.55 bits per heavy atom. The van der Waals surface area contributed by atoms with E-state index in [1.54, 1.807) is 33.5 Å². The van der Waals surface area contributed by atoms with Crippen LogP contribution in [0.4, 0.5) is 5.69 Å². The fraction of sp³-hybridized carbons (Fsp3) is 0.429. The van der Waals surface area contributed by atoms with Crippen molar-refractivity contribution in [1.82, 2.24) is 0 Å². The number of benzene rings is 2. The summed E-state index contributed by atoms with van der Waals surface area (Å²) in [6, 6.07) is 10.9. The van der Waals surface area contributed by atoms with E-state index in [-0.39, 0.29) is 10.6 Å². The summed E-state index contributed by atoms with van der Waals surface area (Å²) in [5.74, 6) is 2.02. The van der Waals surface area contributed by atoms with Crippen LogP contribution >= 0.6 is 0 Å². The Balaban J connectivity index is 1.60. The summed E-state index contributed by atoms with van der Waals surface area (Å²) >= 11 is 0. The molecule has 8 heteroatoms. The number of rotatable bonds is 8. The number of ether oxygens (including phenoxy) is 3. The summed E-state index contributed by atoms with van der Waals surface area (Å²) in [7, 11) is 4.88. The molecule has 156 valence electrons. The van der Waals surface area contributed by atoms with Crippen LogP contribution in [0.25, 0.3) is 0 Å². The van der Waals surface area contributed by atoms with Gasteiger partial charge in [-0.3, -0.25) is 10.1 Å². The Labute approximate surface area is 170 Å². The normalized spacial score (nSPS) is 18.9. The van der Waals surface area contributed by atoms with Crippen LogP contribution in [0, 0.1) is 10.1 Å². The molecule has 0 aromatic heterocycles. The van der Waals surface area contributed by atoms with Crippen LogP contribution in [0.3, 0.4) is 0 Å². The molecule has 1 fully saturated rings. The Bertz CT molecular complexity index is 850. The van der Waals surface area contributed by atoms with Crippen LogP contribution in [0.15, 0.2) is 36.4 Å². The maximum atomic E-state index is 11.0. The molecule has 0 atom stereocenters. The number of hydrogen-bond acceptors (Lipinski definition) is 5. The number of hydrogen-bond donors (Lipinski definition) is 2. The third kappa shape index (κ3) is 4.96. The van der Waals surface area contributed by atoms with E-state index in [1.807, 2.05) is 18.2 Å². The van der Waals surface area contributed by atoms with E-state index in [2.05, 4.69) is 0 Å². The summed E-state index contributed by atoms with van der Waals surface area (Å²) in [6.45, 7) is 5.77. The van der Waals surface area contributed by atoms with Gasteiger partial charge >= 0.3 is 0 Å². The van der Waals surface area contributed by atoms with Gasteiger partial charge in [-0.25, -0.2) is 0 Å². The number of methoxy groups -OCH3 is 3. The average molecular weight is 403 g/mol. The molecule has 1 saturated heterocycles. The molecule has 0 amide bonds. The van der Waals surface area contributed by atoms with Crippen LogP contribution < -0.4 is 24.0 Å². The molecule has 0 spiro atoms. The van der Waals surface area contributed by atoms with E-state index >= 15 is 0 Å². The summed E-state index contributed by atoms with van der Waals surface area (Å²) < 4.78 is 16.5. The first kappa shape index (κ1) is 20.9. The standard InChI is InChI=1S/C21H27N3O5/c1-27-19-8-7-17(20(28-2)21(19)29-3)15-23-11-9-22(10-12-23)14-16-5-4-6-18(13-16)24(25)26/h4-8,13H,9-12,14-15H2,1-3H3/p+2. The quantitative estimate of drug-likeness (QED) is 0.483. The van der Waals surface area contributed by atoms with Crippen molar-refractivity contribution in [3.8, 4) is 17.2 Å². The van der Waals surface area contributed by atoms with Crippen molar-refractivity contribution in [3.63, 3.8) is 0 Å². The lowest BCUT2D eigenvalue weighted by molar-refractivity contribution is -1.02. The Morgan fingerprint density at radius 3 is 2.14 bits per heavy atom. The molecular formula is C21H29N3O5+2. The Kier molecular flexibility index (Phi) is 6.90. The van der Waals surface area contributed by atoms with Gasteiger partial charge in [0.05, 0.1) is 31.8 Å². The summed E-state index contributed by atoms with van der Waals surface area (Å²) in [5.41, 5.74) is 2.27. The van der Waals surface area contributed by atoms with Gasteiger partial charge in [0.2, 0.25) is 5.75 Å². The number of quaternary nitrogens is 2. The summed E-state index contributed by atoms with van der Waals surface area (Å²) in [4.78, 5) is 13.6. The molecule has 0 aliphatic carbocycles. The van der Waals surface area contributed by atoms with Crippen molar-refractivity contribution < 1.29 is 28.9 Å². The molecule has 8 nitrogen and oxygen atoms in total. The van der Waals surface area contributed by atoms with E-state index < -0.39 is 0 Å². The van der Waals surface area contributed by atoms with Crippen LogP contribution in [0.5, 0.6) is 17.2 Å². The highest BCUT2D eigenvalue weighted by atomic mass is 16.6. The third-order valence-electron chi connectivity index (χ3n) is 5.47. The molecule has 29 heavy (non-hydrogen) atoms. The van der Waals surface area contributed by atoms with E-state index in [1.165, 1.54) is 15.9 Å². The summed E-state index contributed by atoms with van der Waals surface area (Å²) in [6.07, 6.45) is 0. The van der Waals surface area contributed by atoms with E-state index in [0.717, 1.165) is 56.1 Å². The van der Waals surface area contributed by atoms with Crippen molar-refractivity contribution in [2.45, 2.75) is 13.1 Å². The molecule has 2 N–H and O–H groups in total. The highest BCUT2D eigenvalue weighted by molar-refractivity contribution is 5.55. The first-order valence-corrected chi connectivity index (χ1v) is 9.74. The van der Waals surface area contributed by atoms with Crippen LogP contribution in [0.1, 0.15) is 11.1 Å². The number of piperazine rings is 1. The minimum atomic E-state index is -0.336. The number of nitrogens with zero attached hydrogens (tertiary/aromatic N) is 1. The average Bonchev–Trinajstić information content (AvgIpc) is 2.74. The van der Waals surface area contributed by atoms with Gasteiger partial charge in [-0.15, -0.1) is 0 Å². The molecule has 2 aromatic rings. The van der Waals surface area contributed by atoms with Gasteiger partial charge in [0, 0.05) is 17.7 Å². The van der Waals surface area contributed by atoms with Gasteiger partial charge in [-0.2, -0.15) is 0 Å². The van der Waals surface area contributed by atoms with Crippen LogP contribution in [-0.2, 0) is 13.1 Å². The highest BCUT2D eigenvalue weighted by Gasteiger charge is 2.26. The van der Waals surface area contributed by atoms with E-state index in [0.29, 0.717) is 11.5 Å². The molecular weight excluding hydrogens is 374 g/mol. The fourth-order valence-electron chi connectivity index (χ4n) is 3.95.